The third-order valence-corrected chi connectivity index (χ3v) is 6.07. The fraction of sp³-hybridized carbons (Fsp3) is 1.00. The van der Waals surface area contributed by atoms with Gasteiger partial charge >= 0.3 is 0 Å². The maximum absolute atomic E-state index is 6.24. The topological polar surface area (TPSA) is 29.3 Å². The Balaban J connectivity index is 2.76. The molecule has 0 spiro atoms. The zero-order valence-corrected chi connectivity index (χ0v) is 14.8. The summed E-state index contributed by atoms with van der Waals surface area (Å²) in [6.45, 7) is 12.6. The minimum atomic E-state index is 0.210. The molecule has 2 unspecified atom stereocenters. The van der Waals surface area contributed by atoms with Crippen LogP contribution < -0.4 is 5.73 Å². The smallest absolute Gasteiger partial charge is 0.0331 e. The monoisotopic (exact) mass is 282 g/mol. The Labute approximate surface area is 127 Å². The summed E-state index contributed by atoms with van der Waals surface area (Å²) in [5.41, 5.74) is 7.00. The van der Waals surface area contributed by atoms with Crippen molar-refractivity contribution in [3.05, 3.63) is 0 Å². The van der Waals surface area contributed by atoms with Gasteiger partial charge in [-0.15, -0.1) is 0 Å². The lowest BCUT2D eigenvalue weighted by molar-refractivity contribution is 0.0191. The number of likely N-dealkylation sites (N-methyl/N-ethyl adjacent to an activating group) is 1. The highest BCUT2D eigenvalue weighted by atomic mass is 15.2. The number of hydrogen-bond acceptors (Lipinski definition) is 2. The molecule has 2 atom stereocenters. The molecular formula is C18H38N2. The number of nitrogens with two attached hydrogens (primary N) is 1. The Morgan fingerprint density at radius 2 is 1.80 bits per heavy atom. The van der Waals surface area contributed by atoms with Crippen LogP contribution in [0.3, 0.4) is 0 Å². The van der Waals surface area contributed by atoms with Crippen LogP contribution in [0.2, 0.25) is 0 Å². The Kier molecular flexibility index (Phi) is 6.53. The second-order valence-electron chi connectivity index (χ2n) is 8.01. The molecule has 0 bridgehead atoms. The quantitative estimate of drug-likeness (QED) is 0.748. The summed E-state index contributed by atoms with van der Waals surface area (Å²) in [4.78, 5) is 2.66. The van der Waals surface area contributed by atoms with Crippen molar-refractivity contribution in [1.82, 2.24) is 4.90 Å². The molecule has 0 aromatic heterocycles. The molecule has 0 aromatic carbocycles. The molecule has 2 nitrogen and oxygen atoms in total. The Bertz CT molecular complexity index is 271. The van der Waals surface area contributed by atoms with Crippen molar-refractivity contribution in [2.24, 2.45) is 17.1 Å². The van der Waals surface area contributed by atoms with Crippen molar-refractivity contribution in [1.29, 1.82) is 0 Å². The van der Waals surface area contributed by atoms with Crippen molar-refractivity contribution < 1.29 is 0 Å². The van der Waals surface area contributed by atoms with Crippen molar-refractivity contribution in [3.63, 3.8) is 0 Å². The predicted octanol–water partition coefficient (Wildman–Crippen LogP) is 4.43. The van der Waals surface area contributed by atoms with Gasteiger partial charge in [0.25, 0.3) is 0 Å². The lowest BCUT2D eigenvalue weighted by atomic mass is 9.73. The highest BCUT2D eigenvalue weighted by Crippen LogP contribution is 2.39. The molecule has 120 valence electrons. The maximum Gasteiger partial charge on any atom is 0.0331 e. The van der Waals surface area contributed by atoms with E-state index in [0.29, 0.717) is 5.41 Å². The normalized spacial score (nSPS) is 24.6. The zero-order valence-electron chi connectivity index (χ0n) is 14.8. The molecule has 1 fully saturated rings. The molecule has 2 heteroatoms. The summed E-state index contributed by atoms with van der Waals surface area (Å²) >= 11 is 0. The Morgan fingerprint density at radius 3 is 2.20 bits per heavy atom. The SMILES string of the molecule is CCC(C)CC(CC)(CN)N(C)C1CCC(C)(C)CC1. The van der Waals surface area contributed by atoms with Crippen LogP contribution in [0.15, 0.2) is 0 Å². The molecule has 0 aliphatic heterocycles. The van der Waals surface area contributed by atoms with E-state index < -0.39 is 0 Å². The van der Waals surface area contributed by atoms with Crippen LogP contribution in [0.1, 0.15) is 79.6 Å². The van der Waals surface area contributed by atoms with Gasteiger partial charge in [0.1, 0.15) is 0 Å². The van der Waals surface area contributed by atoms with Gasteiger partial charge in [-0.2, -0.15) is 0 Å². The molecule has 0 saturated heterocycles. The first-order chi connectivity index (χ1) is 9.30. The molecule has 0 aromatic rings. The molecule has 0 radical (unpaired) electrons. The zero-order chi connectivity index (χ0) is 15.4. The maximum atomic E-state index is 6.24. The van der Waals surface area contributed by atoms with Crippen LogP contribution in [0.5, 0.6) is 0 Å². The number of nitrogens with zero attached hydrogens (tertiary/aromatic N) is 1. The second kappa shape index (κ2) is 7.26. The van der Waals surface area contributed by atoms with Gasteiger partial charge in [-0.05, 0) is 56.9 Å². The van der Waals surface area contributed by atoms with E-state index in [2.05, 4.69) is 46.6 Å². The minimum Gasteiger partial charge on any atom is -0.329 e. The first-order valence-corrected chi connectivity index (χ1v) is 8.73. The molecule has 1 aliphatic carbocycles. The van der Waals surface area contributed by atoms with Gasteiger partial charge in [0.05, 0.1) is 0 Å². The molecule has 1 aliphatic rings. The van der Waals surface area contributed by atoms with Crippen LogP contribution in [0.25, 0.3) is 0 Å². The van der Waals surface area contributed by atoms with E-state index in [-0.39, 0.29) is 5.54 Å². The van der Waals surface area contributed by atoms with Gasteiger partial charge in [-0.1, -0.05) is 41.0 Å². The summed E-state index contributed by atoms with van der Waals surface area (Å²) in [6.07, 6.45) is 9.06. The average molecular weight is 283 g/mol. The van der Waals surface area contributed by atoms with E-state index in [9.17, 15) is 0 Å². The Hall–Kier alpha value is -0.0800. The lowest BCUT2D eigenvalue weighted by Gasteiger charge is -2.49. The molecule has 1 rings (SSSR count). The van der Waals surface area contributed by atoms with Crippen LogP contribution in [0.4, 0.5) is 0 Å². The van der Waals surface area contributed by atoms with E-state index in [1.165, 1.54) is 44.9 Å². The van der Waals surface area contributed by atoms with E-state index in [4.69, 9.17) is 5.73 Å². The van der Waals surface area contributed by atoms with Gasteiger partial charge in [0.2, 0.25) is 0 Å². The van der Waals surface area contributed by atoms with Gasteiger partial charge < -0.3 is 5.73 Å². The number of hydrogen-bond donors (Lipinski definition) is 1. The highest BCUT2D eigenvalue weighted by Gasteiger charge is 2.38. The first kappa shape index (κ1) is 18.0. The summed E-state index contributed by atoms with van der Waals surface area (Å²) in [5, 5.41) is 0. The molecule has 1 saturated carbocycles. The summed E-state index contributed by atoms with van der Waals surface area (Å²) in [7, 11) is 2.34. The lowest BCUT2D eigenvalue weighted by Crippen LogP contribution is -2.57. The minimum absolute atomic E-state index is 0.210. The van der Waals surface area contributed by atoms with E-state index >= 15 is 0 Å². The molecule has 0 amide bonds. The van der Waals surface area contributed by atoms with Crippen molar-refractivity contribution in [2.45, 2.75) is 91.1 Å². The first-order valence-electron chi connectivity index (χ1n) is 8.73. The van der Waals surface area contributed by atoms with Gasteiger partial charge in [-0.25, -0.2) is 0 Å². The van der Waals surface area contributed by atoms with E-state index in [1.807, 2.05) is 0 Å². The largest absolute Gasteiger partial charge is 0.329 e. The third-order valence-electron chi connectivity index (χ3n) is 6.07. The molecule has 2 N–H and O–H groups in total. The van der Waals surface area contributed by atoms with Crippen LogP contribution in [0, 0.1) is 11.3 Å². The third kappa shape index (κ3) is 4.21. The van der Waals surface area contributed by atoms with Crippen LogP contribution >= 0.6 is 0 Å². The average Bonchev–Trinajstić information content (AvgIpc) is 2.44. The van der Waals surface area contributed by atoms with Crippen molar-refractivity contribution >= 4 is 0 Å². The molecule has 20 heavy (non-hydrogen) atoms. The highest BCUT2D eigenvalue weighted by molar-refractivity contribution is 4.95. The fourth-order valence-electron chi connectivity index (χ4n) is 3.86. The van der Waals surface area contributed by atoms with Gasteiger partial charge in [-0.3, -0.25) is 4.90 Å². The van der Waals surface area contributed by atoms with Crippen LogP contribution in [-0.4, -0.2) is 30.1 Å². The molecular weight excluding hydrogens is 244 g/mol. The van der Waals surface area contributed by atoms with Crippen molar-refractivity contribution in [3.8, 4) is 0 Å². The summed E-state index contributed by atoms with van der Waals surface area (Å²) in [5.74, 6) is 0.765. The van der Waals surface area contributed by atoms with E-state index in [1.54, 1.807) is 0 Å². The number of rotatable bonds is 7. The van der Waals surface area contributed by atoms with Crippen molar-refractivity contribution in [2.75, 3.05) is 13.6 Å². The van der Waals surface area contributed by atoms with Gasteiger partial charge in [0, 0.05) is 18.1 Å². The van der Waals surface area contributed by atoms with Gasteiger partial charge in [0.15, 0.2) is 0 Å². The summed E-state index contributed by atoms with van der Waals surface area (Å²) < 4.78 is 0. The summed E-state index contributed by atoms with van der Waals surface area (Å²) in [6, 6.07) is 0.732. The molecule has 0 heterocycles. The van der Waals surface area contributed by atoms with E-state index in [0.717, 1.165) is 18.5 Å². The second-order valence-corrected chi connectivity index (χ2v) is 8.01. The Morgan fingerprint density at radius 1 is 1.25 bits per heavy atom. The fourth-order valence-corrected chi connectivity index (χ4v) is 3.86. The predicted molar refractivity (Wildman–Crippen MR) is 89.9 cm³/mol. The van der Waals surface area contributed by atoms with Crippen LogP contribution in [-0.2, 0) is 0 Å². The standard InChI is InChI=1S/C18H38N2/c1-7-15(3)13-18(8-2,14-19)20(6)16-9-11-17(4,5)12-10-16/h15-16H,7-14,19H2,1-6H3.